The first-order valence-electron chi connectivity index (χ1n) is 9.80. The fraction of sp³-hybridized carbons (Fsp3) is 0.0952. The number of H-pyrrole nitrogens is 1. The van der Waals surface area contributed by atoms with E-state index in [9.17, 15) is 18.0 Å². The summed E-state index contributed by atoms with van der Waals surface area (Å²) in [5.41, 5.74) is 5.78. The first-order chi connectivity index (χ1) is 16.7. The first kappa shape index (κ1) is 23.8. The lowest BCUT2D eigenvalue weighted by Gasteiger charge is -2.08. The Morgan fingerprint density at radius 1 is 1.11 bits per heavy atom. The minimum absolute atomic E-state index is 0.0995. The molecule has 2 aromatic heterocycles. The number of alkyl halides is 3. The van der Waals surface area contributed by atoms with E-state index in [1.165, 1.54) is 18.2 Å². The minimum Gasteiger partial charge on any atom is -0.481 e. The molecule has 2 heterocycles. The van der Waals surface area contributed by atoms with Crippen molar-refractivity contribution in [2.24, 2.45) is 0 Å². The van der Waals surface area contributed by atoms with Crippen LogP contribution in [0.5, 0.6) is 11.6 Å². The SMILES string of the molecule is Nc1cc(Oc2ccc(-c3nc(Nc4cccc(C(F)(F)F)c4)n[nH]3)cc2)nc(SCC(=O)O)n1. The standard InChI is InChI=1S/C21H16F3N7O3S/c22-21(23,24)12-2-1-3-13(8-12)26-19-29-18(30-31-19)11-4-6-14(7-5-11)34-16-9-15(25)27-20(28-16)35-10-17(32)33/h1-9H,10H2,(H,32,33)(H2,25,27,28)(H2,26,29,30,31). The largest absolute Gasteiger partial charge is 0.481 e. The average molecular weight is 503 g/mol. The van der Waals surface area contributed by atoms with E-state index < -0.39 is 17.7 Å². The molecule has 4 rings (SSSR count). The van der Waals surface area contributed by atoms with E-state index in [4.69, 9.17) is 15.6 Å². The number of halogens is 3. The number of carboxylic acid groups (broad SMARTS) is 1. The van der Waals surface area contributed by atoms with Crippen molar-refractivity contribution in [3.63, 3.8) is 0 Å². The number of nitrogens with two attached hydrogens (primary N) is 1. The number of rotatable bonds is 8. The van der Waals surface area contributed by atoms with Crippen LogP contribution in [0.2, 0.25) is 0 Å². The normalized spacial score (nSPS) is 11.3. The smallest absolute Gasteiger partial charge is 0.416 e. The lowest BCUT2D eigenvalue weighted by atomic mass is 10.2. The fourth-order valence-electron chi connectivity index (χ4n) is 2.81. The van der Waals surface area contributed by atoms with Crippen LogP contribution in [0, 0.1) is 0 Å². The molecule has 5 N–H and O–H groups in total. The minimum atomic E-state index is -4.46. The van der Waals surface area contributed by atoms with Crippen LogP contribution >= 0.6 is 11.8 Å². The van der Waals surface area contributed by atoms with Gasteiger partial charge in [0.15, 0.2) is 11.0 Å². The number of carbonyl (C=O) groups is 1. The second kappa shape index (κ2) is 9.89. The number of carboxylic acids is 1. The number of ether oxygens (including phenoxy) is 1. The summed E-state index contributed by atoms with van der Waals surface area (Å²) in [4.78, 5) is 23.1. The molecule has 0 saturated heterocycles. The van der Waals surface area contributed by atoms with Crippen molar-refractivity contribution in [3.05, 3.63) is 60.2 Å². The molecule has 0 aliphatic heterocycles. The summed E-state index contributed by atoms with van der Waals surface area (Å²) in [5, 5.41) is 18.4. The predicted octanol–water partition coefficient (Wildman–Crippen LogP) is 4.58. The maximum absolute atomic E-state index is 12.9. The number of aliphatic carboxylic acids is 1. The van der Waals surface area contributed by atoms with E-state index in [-0.39, 0.29) is 34.2 Å². The predicted molar refractivity (Wildman–Crippen MR) is 121 cm³/mol. The summed E-state index contributed by atoms with van der Waals surface area (Å²) in [6.07, 6.45) is -4.46. The highest BCUT2D eigenvalue weighted by molar-refractivity contribution is 7.99. The number of nitrogen functional groups attached to an aromatic ring is 1. The molecule has 0 saturated carbocycles. The molecule has 35 heavy (non-hydrogen) atoms. The van der Waals surface area contributed by atoms with E-state index in [0.29, 0.717) is 17.1 Å². The third-order valence-corrected chi connectivity index (χ3v) is 5.14. The van der Waals surface area contributed by atoms with Gasteiger partial charge in [-0.15, -0.1) is 5.10 Å². The molecule has 2 aromatic carbocycles. The van der Waals surface area contributed by atoms with E-state index in [1.807, 2.05) is 0 Å². The zero-order valence-electron chi connectivity index (χ0n) is 17.6. The Balaban J connectivity index is 1.43. The Morgan fingerprint density at radius 2 is 1.89 bits per heavy atom. The molecule has 0 fully saturated rings. The van der Waals surface area contributed by atoms with Crippen LogP contribution < -0.4 is 15.8 Å². The van der Waals surface area contributed by atoms with Crippen LogP contribution in [-0.4, -0.2) is 42.0 Å². The van der Waals surface area contributed by atoms with E-state index >= 15 is 0 Å². The molecule has 0 aliphatic rings. The molecule has 0 radical (unpaired) electrons. The first-order valence-corrected chi connectivity index (χ1v) is 10.8. The van der Waals surface area contributed by atoms with Gasteiger partial charge in [-0.3, -0.25) is 9.89 Å². The molecule has 4 aromatic rings. The van der Waals surface area contributed by atoms with E-state index in [0.717, 1.165) is 23.9 Å². The number of hydrogen-bond donors (Lipinski definition) is 4. The zero-order chi connectivity index (χ0) is 25.0. The summed E-state index contributed by atoms with van der Waals surface area (Å²) < 4.78 is 44.4. The van der Waals surface area contributed by atoms with Crippen molar-refractivity contribution in [2.45, 2.75) is 11.3 Å². The van der Waals surface area contributed by atoms with Crippen molar-refractivity contribution in [2.75, 3.05) is 16.8 Å². The lowest BCUT2D eigenvalue weighted by molar-refractivity contribution is -0.137. The Labute approximate surface area is 199 Å². The lowest BCUT2D eigenvalue weighted by Crippen LogP contribution is -2.05. The number of nitrogens with zero attached hydrogens (tertiary/aromatic N) is 4. The van der Waals surface area contributed by atoms with E-state index in [1.54, 1.807) is 24.3 Å². The van der Waals surface area contributed by atoms with Gasteiger partial charge < -0.3 is 20.9 Å². The van der Waals surface area contributed by atoms with E-state index in [2.05, 4.69) is 30.5 Å². The number of thioether (sulfide) groups is 1. The number of nitrogens with one attached hydrogen (secondary N) is 2. The topological polar surface area (TPSA) is 152 Å². The second-order valence-electron chi connectivity index (χ2n) is 6.93. The van der Waals surface area contributed by atoms with Gasteiger partial charge in [0.2, 0.25) is 11.8 Å². The number of aromatic amines is 1. The van der Waals surface area contributed by atoms with Crippen molar-refractivity contribution in [1.82, 2.24) is 25.1 Å². The summed E-state index contributed by atoms with van der Waals surface area (Å²) in [6, 6.07) is 12.8. The van der Waals surface area contributed by atoms with Crippen molar-refractivity contribution in [3.8, 4) is 23.0 Å². The molecule has 0 aliphatic carbocycles. The van der Waals surface area contributed by atoms with Crippen LogP contribution in [0.1, 0.15) is 5.56 Å². The van der Waals surface area contributed by atoms with Gasteiger partial charge in [0.05, 0.1) is 11.3 Å². The van der Waals surface area contributed by atoms with Crippen LogP contribution in [-0.2, 0) is 11.0 Å². The van der Waals surface area contributed by atoms with Crippen molar-refractivity contribution in [1.29, 1.82) is 0 Å². The summed E-state index contributed by atoms with van der Waals surface area (Å²) in [6.45, 7) is 0. The average Bonchev–Trinajstić information content (AvgIpc) is 3.26. The van der Waals surface area contributed by atoms with Crippen molar-refractivity contribution < 1.29 is 27.8 Å². The maximum atomic E-state index is 12.9. The van der Waals surface area contributed by atoms with Crippen molar-refractivity contribution >= 4 is 35.2 Å². The van der Waals surface area contributed by atoms with Gasteiger partial charge >= 0.3 is 12.1 Å². The summed E-state index contributed by atoms with van der Waals surface area (Å²) >= 11 is 0.909. The zero-order valence-corrected chi connectivity index (χ0v) is 18.4. The molecule has 14 heteroatoms. The Bertz CT molecular complexity index is 1350. The quantitative estimate of drug-likeness (QED) is 0.199. The van der Waals surface area contributed by atoms with Gasteiger partial charge in [0.1, 0.15) is 11.6 Å². The maximum Gasteiger partial charge on any atom is 0.416 e. The molecular weight excluding hydrogens is 487 g/mol. The van der Waals surface area contributed by atoms with Crippen LogP contribution in [0.3, 0.4) is 0 Å². The molecule has 10 nitrogen and oxygen atoms in total. The van der Waals surface area contributed by atoms with Crippen LogP contribution in [0.25, 0.3) is 11.4 Å². The Hall–Kier alpha value is -4.33. The number of anilines is 3. The van der Waals surface area contributed by atoms with Gasteiger partial charge in [-0.25, -0.2) is 4.98 Å². The molecule has 0 atom stereocenters. The van der Waals surface area contributed by atoms with Crippen LogP contribution in [0.4, 0.5) is 30.6 Å². The third kappa shape index (κ3) is 6.38. The van der Waals surface area contributed by atoms with Crippen LogP contribution in [0.15, 0.2) is 59.8 Å². The second-order valence-corrected chi connectivity index (χ2v) is 7.88. The highest BCUT2D eigenvalue weighted by Gasteiger charge is 2.30. The Morgan fingerprint density at radius 3 is 2.60 bits per heavy atom. The molecule has 0 bridgehead atoms. The Kier molecular flexibility index (Phi) is 6.73. The summed E-state index contributed by atoms with van der Waals surface area (Å²) in [7, 11) is 0. The molecule has 0 amide bonds. The fourth-order valence-corrected chi connectivity index (χ4v) is 3.39. The monoisotopic (exact) mass is 503 g/mol. The molecule has 0 unspecified atom stereocenters. The third-order valence-electron chi connectivity index (χ3n) is 4.31. The van der Waals surface area contributed by atoms with Gasteiger partial charge in [0, 0.05) is 17.3 Å². The van der Waals surface area contributed by atoms with Gasteiger partial charge in [0.25, 0.3) is 0 Å². The van der Waals surface area contributed by atoms with Gasteiger partial charge in [-0.1, -0.05) is 17.8 Å². The highest BCUT2D eigenvalue weighted by Crippen LogP contribution is 2.31. The number of benzene rings is 2. The molecular formula is C21H16F3N7O3S. The highest BCUT2D eigenvalue weighted by atomic mass is 32.2. The molecule has 180 valence electrons. The number of aromatic nitrogens is 5. The molecule has 0 spiro atoms. The van der Waals surface area contributed by atoms with Gasteiger partial charge in [-0.2, -0.15) is 23.1 Å². The summed E-state index contributed by atoms with van der Waals surface area (Å²) in [5.74, 6) is -0.0682. The van der Waals surface area contributed by atoms with Gasteiger partial charge in [-0.05, 0) is 42.5 Å². The number of hydrogen-bond acceptors (Lipinski definition) is 9.